The number of rotatable bonds is 2. The predicted molar refractivity (Wildman–Crippen MR) is 34.2 cm³/mol. The summed E-state index contributed by atoms with van der Waals surface area (Å²) >= 11 is 0. The molecular formula is C4H9NaO6S. The van der Waals surface area contributed by atoms with Crippen molar-refractivity contribution in [1.29, 1.82) is 0 Å². The number of carbonyl (C=O) groups excluding carboxylic acids is 1. The van der Waals surface area contributed by atoms with E-state index in [1.165, 1.54) is 0 Å². The zero-order valence-electron chi connectivity index (χ0n) is 6.85. The van der Waals surface area contributed by atoms with Gasteiger partial charge >= 0.3 is 29.6 Å². The second kappa shape index (κ2) is 9.43. The van der Waals surface area contributed by atoms with Gasteiger partial charge in [-0.3, -0.25) is 4.55 Å². The summed E-state index contributed by atoms with van der Waals surface area (Å²) in [5.74, 6) is -1.66. The number of carboxylic acid groups (broad SMARTS) is 1. The summed E-state index contributed by atoms with van der Waals surface area (Å²) in [6.45, 7) is 0.443. The van der Waals surface area contributed by atoms with Crippen LogP contribution in [0, 0.1) is 0 Å². The van der Waals surface area contributed by atoms with Crippen LogP contribution in [0.3, 0.4) is 0 Å². The van der Waals surface area contributed by atoms with Crippen molar-refractivity contribution in [2.24, 2.45) is 0 Å². The molecule has 0 bridgehead atoms. The van der Waals surface area contributed by atoms with Crippen LogP contribution < -0.4 is 34.7 Å². The second-order valence-corrected chi connectivity index (χ2v) is 3.07. The molecule has 0 saturated carbocycles. The molecule has 0 aliphatic carbocycles. The van der Waals surface area contributed by atoms with Crippen molar-refractivity contribution in [3.63, 3.8) is 0 Å². The molecule has 0 heterocycles. The van der Waals surface area contributed by atoms with E-state index < -0.39 is 28.4 Å². The Kier molecular flexibility index (Phi) is 14.3. The second-order valence-electron chi connectivity index (χ2n) is 1.50. The fourth-order valence-electron chi connectivity index (χ4n) is 0.115. The molecule has 0 aliphatic heterocycles. The maximum atomic E-state index is 9.63. The molecule has 0 aliphatic rings. The normalized spacial score (nSPS) is 8.92. The van der Waals surface area contributed by atoms with Crippen molar-refractivity contribution in [2.75, 3.05) is 12.4 Å². The third-order valence-corrected chi connectivity index (χ3v) is 1.05. The Hall–Kier alpha value is 0.340. The van der Waals surface area contributed by atoms with E-state index in [4.69, 9.17) is 19.6 Å². The minimum atomic E-state index is -3.92. The van der Waals surface area contributed by atoms with E-state index in [9.17, 15) is 8.42 Å². The molecule has 0 atom stereocenters. The van der Waals surface area contributed by atoms with Crippen LogP contribution in [0.15, 0.2) is 0 Å². The molecule has 2 N–H and O–H groups in total. The van der Waals surface area contributed by atoms with E-state index in [1.54, 1.807) is 0 Å². The Morgan fingerprint density at radius 3 is 1.75 bits per heavy atom. The molecule has 6 nitrogen and oxygen atoms in total. The van der Waals surface area contributed by atoms with Gasteiger partial charge in [-0.15, -0.1) is 0 Å². The maximum absolute atomic E-state index is 9.63. The fraction of sp³-hybridized carbons (Fsp3) is 0.750. The summed E-state index contributed by atoms with van der Waals surface area (Å²) in [6, 6.07) is 0. The van der Waals surface area contributed by atoms with Crippen LogP contribution in [0.25, 0.3) is 0 Å². The van der Waals surface area contributed by atoms with Crippen LogP contribution in [-0.2, 0) is 14.9 Å². The maximum Gasteiger partial charge on any atom is 1.00 e. The summed E-state index contributed by atoms with van der Waals surface area (Å²) in [6.07, 6.45) is 0. The van der Waals surface area contributed by atoms with Gasteiger partial charge in [-0.2, -0.15) is 8.42 Å². The Balaban J connectivity index is -0.000000142. The summed E-state index contributed by atoms with van der Waals surface area (Å²) < 4.78 is 27.1. The smallest absolute Gasteiger partial charge is 0.550 e. The molecule has 68 valence electrons. The van der Waals surface area contributed by atoms with Crippen LogP contribution in [0.2, 0.25) is 0 Å². The van der Waals surface area contributed by atoms with Gasteiger partial charge in [-0.05, 0) is 6.92 Å². The molecule has 0 saturated heterocycles. The molecule has 0 spiro atoms. The van der Waals surface area contributed by atoms with E-state index in [2.05, 4.69) is 0 Å². The van der Waals surface area contributed by atoms with Gasteiger partial charge in [0.2, 0.25) is 0 Å². The molecule has 12 heavy (non-hydrogen) atoms. The summed E-state index contributed by atoms with van der Waals surface area (Å²) in [5.41, 5.74) is 0. The molecule has 0 aromatic carbocycles. The average molecular weight is 208 g/mol. The largest absolute Gasteiger partial charge is 1.00 e. The SMILES string of the molecule is CC(=O)[O-].O=S(=O)(O)CCO.[Na+]. The van der Waals surface area contributed by atoms with Crippen molar-refractivity contribution in [3.8, 4) is 0 Å². The fourth-order valence-corrected chi connectivity index (χ4v) is 0.346. The zero-order valence-corrected chi connectivity index (χ0v) is 9.67. The number of aliphatic carboxylic acids is 1. The minimum Gasteiger partial charge on any atom is -0.550 e. The molecule has 8 heteroatoms. The number of hydrogen-bond acceptors (Lipinski definition) is 5. The average Bonchev–Trinajstić information content (AvgIpc) is 1.58. The Morgan fingerprint density at radius 1 is 1.50 bits per heavy atom. The number of carboxylic acids is 1. The zero-order chi connectivity index (χ0) is 9.49. The van der Waals surface area contributed by atoms with Gasteiger partial charge < -0.3 is 15.0 Å². The molecule has 0 fully saturated rings. The molecule has 0 rings (SSSR count). The first-order valence-electron chi connectivity index (χ1n) is 2.53. The van der Waals surface area contributed by atoms with Crippen molar-refractivity contribution < 1.29 is 57.5 Å². The molecule has 0 radical (unpaired) electrons. The topological polar surface area (TPSA) is 115 Å². The van der Waals surface area contributed by atoms with E-state index >= 15 is 0 Å². The number of hydrogen-bond donors (Lipinski definition) is 2. The minimum absolute atomic E-state index is 0. The predicted octanol–water partition coefficient (Wildman–Crippen LogP) is -5.37. The van der Waals surface area contributed by atoms with Crippen LogP contribution >= 0.6 is 0 Å². The van der Waals surface area contributed by atoms with Crippen LogP contribution in [0.5, 0.6) is 0 Å². The van der Waals surface area contributed by atoms with Crippen LogP contribution in [0.4, 0.5) is 0 Å². The standard InChI is InChI=1S/C2H6O4S.C2H4O2.Na/c3-1-2-7(4,5)6;1-2(3)4;/h3H,1-2H2,(H,4,5,6);1H3,(H,3,4);/q;;+1/p-1. The van der Waals surface area contributed by atoms with Gasteiger partial charge in [-0.1, -0.05) is 0 Å². The first-order valence-corrected chi connectivity index (χ1v) is 4.14. The third kappa shape index (κ3) is 47.9. The first kappa shape index (κ1) is 18.2. The van der Waals surface area contributed by atoms with Gasteiger partial charge in [0.05, 0.1) is 12.4 Å². The van der Waals surface area contributed by atoms with Crippen molar-refractivity contribution in [3.05, 3.63) is 0 Å². The molecule has 0 unspecified atom stereocenters. The quantitative estimate of drug-likeness (QED) is 0.346. The van der Waals surface area contributed by atoms with Crippen molar-refractivity contribution >= 4 is 16.1 Å². The number of aliphatic hydroxyl groups excluding tert-OH is 1. The van der Waals surface area contributed by atoms with E-state index in [1.807, 2.05) is 0 Å². The Bertz CT molecular complexity index is 194. The summed E-state index contributed by atoms with van der Waals surface area (Å²) in [7, 11) is -3.92. The molecule has 0 aromatic heterocycles. The molecular weight excluding hydrogens is 199 g/mol. The van der Waals surface area contributed by atoms with E-state index in [-0.39, 0.29) is 29.6 Å². The summed E-state index contributed by atoms with van der Waals surface area (Å²) in [5, 5.41) is 16.8. The monoisotopic (exact) mass is 208 g/mol. The summed E-state index contributed by atoms with van der Waals surface area (Å²) in [4.78, 5) is 8.89. The number of aliphatic hydroxyl groups is 1. The Labute approximate surface area is 92.6 Å². The van der Waals surface area contributed by atoms with Gasteiger partial charge in [0.15, 0.2) is 0 Å². The van der Waals surface area contributed by atoms with E-state index in [0.717, 1.165) is 6.92 Å². The van der Waals surface area contributed by atoms with Gasteiger partial charge in [0.25, 0.3) is 10.1 Å². The van der Waals surface area contributed by atoms with Gasteiger partial charge in [0, 0.05) is 5.97 Å². The first-order chi connectivity index (χ1) is 4.79. The molecule has 0 amide bonds. The molecule has 0 aromatic rings. The van der Waals surface area contributed by atoms with Crippen molar-refractivity contribution in [2.45, 2.75) is 6.92 Å². The third-order valence-electron chi connectivity index (χ3n) is 0.349. The van der Waals surface area contributed by atoms with E-state index in [0.29, 0.717) is 0 Å². The number of carbonyl (C=O) groups is 1. The Morgan fingerprint density at radius 2 is 1.75 bits per heavy atom. The van der Waals surface area contributed by atoms with Gasteiger partial charge in [0.1, 0.15) is 0 Å². The van der Waals surface area contributed by atoms with Crippen LogP contribution in [-0.4, -0.2) is 36.4 Å². The van der Waals surface area contributed by atoms with Gasteiger partial charge in [-0.25, -0.2) is 0 Å². The van der Waals surface area contributed by atoms with Crippen molar-refractivity contribution in [1.82, 2.24) is 0 Å². The van der Waals surface area contributed by atoms with Crippen LogP contribution in [0.1, 0.15) is 6.92 Å².